The van der Waals surface area contributed by atoms with Gasteiger partial charge in [-0.2, -0.15) is 0 Å². The highest BCUT2D eigenvalue weighted by atomic mass is 17.2. The first-order valence-corrected chi connectivity index (χ1v) is 7.04. The van der Waals surface area contributed by atoms with Crippen LogP contribution < -0.4 is 0 Å². The number of rotatable bonds is 5. The fraction of sp³-hybridized carbons (Fsp3) is 0.750. The summed E-state index contributed by atoms with van der Waals surface area (Å²) in [6.45, 7) is 12.6. The van der Waals surface area contributed by atoms with Crippen LogP contribution in [0.3, 0.4) is 0 Å². The monoisotopic (exact) mass is 252 g/mol. The van der Waals surface area contributed by atoms with Crippen molar-refractivity contribution < 1.29 is 9.78 Å². The van der Waals surface area contributed by atoms with Crippen molar-refractivity contribution in [2.24, 2.45) is 11.8 Å². The third-order valence-electron chi connectivity index (χ3n) is 3.33. The van der Waals surface area contributed by atoms with Gasteiger partial charge in [0.1, 0.15) is 5.60 Å². The van der Waals surface area contributed by atoms with Crippen LogP contribution in [0.25, 0.3) is 0 Å². The molecule has 0 aromatic heterocycles. The molecule has 0 bridgehead atoms. The highest BCUT2D eigenvalue weighted by molar-refractivity contribution is 5.22. The molecule has 2 nitrogen and oxygen atoms in total. The maximum absolute atomic E-state index is 5.92. The lowest BCUT2D eigenvalue weighted by atomic mass is 9.74. The molecule has 0 amide bonds. The Bertz CT molecular complexity index is 310. The molecule has 0 spiro atoms. The van der Waals surface area contributed by atoms with Crippen LogP contribution >= 0.6 is 0 Å². The highest BCUT2D eigenvalue weighted by Gasteiger charge is 2.42. The molecule has 0 aromatic rings. The van der Waals surface area contributed by atoms with E-state index < -0.39 is 0 Å². The normalized spacial score (nSPS) is 28.1. The molecule has 0 N–H and O–H groups in total. The lowest BCUT2D eigenvalue weighted by Crippen LogP contribution is -2.46. The minimum Gasteiger partial charge on any atom is -0.230 e. The molecule has 18 heavy (non-hydrogen) atoms. The van der Waals surface area contributed by atoms with Gasteiger partial charge in [-0.15, -0.1) is 0 Å². The summed E-state index contributed by atoms with van der Waals surface area (Å²) in [4.78, 5) is 11.5. The van der Waals surface area contributed by atoms with E-state index in [-0.39, 0.29) is 11.2 Å². The van der Waals surface area contributed by atoms with Gasteiger partial charge < -0.3 is 0 Å². The lowest BCUT2D eigenvalue weighted by molar-refractivity contribution is -0.408. The Hall–Kier alpha value is -0.600. The Morgan fingerprint density at radius 1 is 1.22 bits per heavy atom. The molecule has 0 fully saturated rings. The van der Waals surface area contributed by atoms with Gasteiger partial charge in [0.25, 0.3) is 0 Å². The summed E-state index contributed by atoms with van der Waals surface area (Å²) < 4.78 is 0. The van der Waals surface area contributed by atoms with Crippen molar-refractivity contribution in [1.29, 1.82) is 0 Å². The summed E-state index contributed by atoms with van der Waals surface area (Å²) in [6.07, 6.45) is 10.8. The first-order chi connectivity index (χ1) is 8.32. The van der Waals surface area contributed by atoms with E-state index in [9.17, 15) is 0 Å². The molecule has 2 atom stereocenters. The topological polar surface area (TPSA) is 18.5 Å². The van der Waals surface area contributed by atoms with Crippen molar-refractivity contribution >= 4 is 0 Å². The van der Waals surface area contributed by atoms with Gasteiger partial charge in [0, 0.05) is 5.92 Å². The van der Waals surface area contributed by atoms with Crippen molar-refractivity contribution in [2.75, 3.05) is 0 Å². The molecule has 1 aliphatic rings. The van der Waals surface area contributed by atoms with E-state index in [1.807, 2.05) is 20.8 Å². The maximum Gasteiger partial charge on any atom is 0.130 e. The molecule has 0 saturated heterocycles. The molecule has 0 heterocycles. The van der Waals surface area contributed by atoms with Gasteiger partial charge in [-0.1, -0.05) is 45.4 Å². The molecule has 0 radical (unpaired) electrons. The quantitative estimate of drug-likeness (QED) is 0.523. The third kappa shape index (κ3) is 3.69. The second-order valence-electron chi connectivity index (χ2n) is 6.43. The Balaban J connectivity index is 2.90. The fourth-order valence-corrected chi connectivity index (χ4v) is 2.31. The molecule has 0 aliphatic heterocycles. The average molecular weight is 252 g/mol. The van der Waals surface area contributed by atoms with Gasteiger partial charge in [0.15, 0.2) is 0 Å². The van der Waals surface area contributed by atoms with E-state index in [1.165, 1.54) is 0 Å². The predicted octanol–water partition coefficient (Wildman–Crippen LogP) is 4.67. The van der Waals surface area contributed by atoms with Gasteiger partial charge in [0.05, 0.1) is 5.60 Å². The van der Waals surface area contributed by atoms with E-state index in [0.717, 1.165) is 12.8 Å². The van der Waals surface area contributed by atoms with Gasteiger partial charge in [-0.05, 0) is 39.2 Å². The van der Waals surface area contributed by atoms with Crippen molar-refractivity contribution in [1.82, 2.24) is 0 Å². The minimum atomic E-state index is -0.335. The first-order valence-electron chi connectivity index (χ1n) is 7.04. The first kappa shape index (κ1) is 15.5. The van der Waals surface area contributed by atoms with Crippen LogP contribution in [0, 0.1) is 11.8 Å². The molecule has 0 saturated carbocycles. The summed E-state index contributed by atoms with van der Waals surface area (Å²) in [7, 11) is 0. The predicted molar refractivity (Wildman–Crippen MR) is 76.2 cm³/mol. The van der Waals surface area contributed by atoms with E-state index in [4.69, 9.17) is 9.78 Å². The second-order valence-corrected chi connectivity index (χ2v) is 6.43. The number of hydrogen-bond donors (Lipinski definition) is 0. The van der Waals surface area contributed by atoms with Crippen LogP contribution in [-0.4, -0.2) is 11.2 Å². The van der Waals surface area contributed by atoms with Crippen molar-refractivity contribution in [3.63, 3.8) is 0 Å². The molecular formula is C16H28O2. The zero-order valence-electron chi connectivity index (χ0n) is 12.7. The van der Waals surface area contributed by atoms with Crippen LogP contribution in [0.5, 0.6) is 0 Å². The van der Waals surface area contributed by atoms with Crippen LogP contribution in [0.15, 0.2) is 24.3 Å². The van der Waals surface area contributed by atoms with E-state index in [0.29, 0.717) is 11.8 Å². The second kappa shape index (κ2) is 6.03. The molecule has 0 aromatic carbocycles. The maximum atomic E-state index is 5.92. The molecule has 104 valence electrons. The van der Waals surface area contributed by atoms with Gasteiger partial charge in [0.2, 0.25) is 0 Å². The summed E-state index contributed by atoms with van der Waals surface area (Å²) in [5.41, 5.74) is -0.619. The zero-order valence-corrected chi connectivity index (χ0v) is 12.7. The minimum absolute atomic E-state index is 0.284. The molecule has 1 rings (SSSR count). The zero-order chi connectivity index (χ0) is 13.8. The molecule has 2 heteroatoms. The Labute approximate surface area is 112 Å². The number of allylic oxidation sites excluding steroid dienone is 2. The van der Waals surface area contributed by atoms with Crippen LogP contribution in [-0.2, 0) is 9.78 Å². The smallest absolute Gasteiger partial charge is 0.130 e. The van der Waals surface area contributed by atoms with Crippen molar-refractivity contribution in [3.05, 3.63) is 24.3 Å². The van der Waals surface area contributed by atoms with Crippen LogP contribution in [0.4, 0.5) is 0 Å². The third-order valence-corrected chi connectivity index (χ3v) is 3.33. The Morgan fingerprint density at radius 3 is 2.39 bits per heavy atom. The largest absolute Gasteiger partial charge is 0.230 e. The summed E-state index contributed by atoms with van der Waals surface area (Å²) in [6, 6.07) is 0. The molecule has 2 unspecified atom stereocenters. The SMILES string of the molecule is CCCC1C=CC=CC1(OOC(C)(C)C)C(C)C. The van der Waals surface area contributed by atoms with Crippen molar-refractivity contribution in [2.45, 2.75) is 65.6 Å². The van der Waals surface area contributed by atoms with Crippen LogP contribution in [0.2, 0.25) is 0 Å². The van der Waals surface area contributed by atoms with Crippen molar-refractivity contribution in [3.8, 4) is 0 Å². The summed E-state index contributed by atoms with van der Waals surface area (Å²) in [5, 5.41) is 0. The molecule has 1 aliphatic carbocycles. The fourth-order valence-electron chi connectivity index (χ4n) is 2.31. The summed E-state index contributed by atoms with van der Waals surface area (Å²) >= 11 is 0. The average Bonchev–Trinajstić information content (AvgIpc) is 2.27. The van der Waals surface area contributed by atoms with Gasteiger partial charge >= 0.3 is 0 Å². The Morgan fingerprint density at radius 2 is 1.89 bits per heavy atom. The standard InChI is InChI=1S/C16H28O2/c1-7-10-14-11-8-9-12-16(14,13(2)3)18-17-15(4,5)6/h8-9,11-14H,7,10H2,1-6H3. The Kier molecular flexibility index (Phi) is 5.18. The lowest BCUT2D eigenvalue weighted by Gasteiger charge is -2.41. The van der Waals surface area contributed by atoms with E-state index in [1.54, 1.807) is 0 Å². The van der Waals surface area contributed by atoms with Gasteiger partial charge in [-0.3, -0.25) is 0 Å². The summed E-state index contributed by atoms with van der Waals surface area (Å²) in [5.74, 6) is 0.757. The van der Waals surface area contributed by atoms with E-state index >= 15 is 0 Å². The van der Waals surface area contributed by atoms with Gasteiger partial charge in [-0.25, -0.2) is 9.78 Å². The van der Waals surface area contributed by atoms with E-state index in [2.05, 4.69) is 45.1 Å². The highest BCUT2D eigenvalue weighted by Crippen LogP contribution is 2.39. The number of hydrogen-bond acceptors (Lipinski definition) is 2. The van der Waals surface area contributed by atoms with Crippen LogP contribution in [0.1, 0.15) is 54.4 Å². The molecular weight excluding hydrogens is 224 g/mol.